The summed E-state index contributed by atoms with van der Waals surface area (Å²) in [4.78, 5) is 12.6. The van der Waals surface area contributed by atoms with E-state index in [1.807, 2.05) is 11.8 Å². The molecule has 2 N–H and O–H groups in total. The van der Waals surface area contributed by atoms with Gasteiger partial charge in [0, 0.05) is 19.6 Å². The van der Waals surface area contributed by atoms with Gasteiger partial charge in [0.15, 0.2) is 6.10 Å². The molecule has 1 saturated heterocycles. The fourth-order valence-electron chi connectivity index (χ4n) is 1.44. The van der Waals surface area contributed by atoms with Gasteiger partial charge in [-0.15, -0.1) is 0 Å². The van der Waals surface area contributed by atoms with Crippen molar-refractivity contribution in [1.82, 2.24) is 4.90 Å². The Hall–Kier alpha value is -0.650. The first-order valence-corrected chi connectivity index (χ1v) is 4.88. The number of hydrogen-bond donors (Lipinski definition) is 2. The maximum absolute atomic E-state index is 10.6. The number of β-amino-alcohol motifs (C(OH)–C–C–N with tert-alkyl or cyclic N) is 1. The molecule has 1 aliphatic heterocycles. The minimum atomic E-state index is -0.930. The van der Waals surface area contributed by atoms with Crippen molar-refractivity contribution in [3.63, 3.8) is 0 Å². The molecule has 0 aliphatic carbocycles. The molecule has 0 radical (unpaired) electrons. The van der Waals surface area contributed by atoms with Gasteiger partial charge in [0.2, 0.25) is 0 Å². The average Bonchev–Trinajstić information content (AvgIpc) is 2.18. The van der Waals surface area contributed by atoms with Crippen LogP contribution in [-0.4, -0.2) is 59.5 Å². The lowest BCUT2D eigenvalue weighted by Gasteiger charge is -2.31. The minimum absolute atomic E-state index is 0.367. The zero-order valence-corrected chi connectivity index (χ0v) is 8.35. The molecule has 5 nitrogen and oxygen atoms in total. The van der Waals surface area contributed by atoms with Crippen molar-refractivity contribution in [3.05, 3.63) is 0 Å². The highest BCUT2D eigenvalue weighted by molar-refractivity contribution is 5.72. The van der Waals surface area contributed by atoms with Gasteiger partial charge in [-0.05, 0) is 6.42 Å². The Morgan fingerprint density at radius 2 is 2.43 bits per heavy atom. The number of rotatable bonds is 4. The lowest BCUT2D eigenvalue weighted by Crippen LogP contribution is -2.48. The van der Waals surface area contributed by atoms with E-state index in [-0.39, 0.29) is 6.10 Å². The fourth-order valence-corrected chi connectivity index (χ4v) is 1.44. The van der Waals surface area contributed by atoms with E-state index in [1.165, 1.54) is 0 Å². The summed E-state index contributed by atoms with van der Waals surface area (Å²) in [6.45, 7) is 3.92. The molecule has 0 bridgehead atoms. The molecule has 82 valence electrons. The van der Waals surface area contributed by atoms with E-state index < -0.39 is 12.1 Å². The van der Waals surface area contributed by atoms with Crippen molar-refractivity contribution in [2.45, 2.75) is 25.6 Å². The van der Waals surface area contributed by atoms with E-state index in [0.29, 0.717) is 32.7 Å². The van der Waals surface area contributed by atoms with Crippen LogP contribution in [0.2, 0.25) is 0 Å². The first kappa shape index (κ1) is 11.4. The Kier molecular flexibility index (Phi) is 4.31. The Morgan fingerprint density at radius 3 is 3.00 bits per heavy atom. The Morgan fingerprint density at radius 1 is 1.71 bits per heavy atom. The summed E-state index contributed by atoms with van der Waals surface area (Å²) < 4.78 is 5.06. The summed E-state index contributed by atoms with van der Waals surface area (Å²) in [5.41, 5.74) is 0. The first-order valence-electron chi connectivity index (χ1n) is 4.88. The third-order valence-corrected chi connectivity index (χ3v) is 2.37. The number of nitrogens with zero attached hydrogens (tertiary/aromatic N) is 1. The quantitative estimate of drug-likeness (QED) is 0.647. The molecule has 0 aromatic rings. The Balaban J connectivity index is 2.36. The molecule has 0 spiro atoms. The standard InChI is InChI=1S/C9H17NO4/c1-2-7(11)5-10-3-4-14-8(6-10)9(12)13/h7-8,11H,2-6H2,1H3,(H,12,13). The van der Waals surface area contributed by atoms with Crippen LogP contribution in [-0.2, 0) is 9.53 Å². The highest BCUT2D eigenvalue weighted by Crippen LogP contribution is 2.06. The van der Waals surface area contributed by atoms with Crippen molar-refractivity contribution in [2.75, 3.05) is 26.2 Å². The molecule has 1 heterocycles. The summed E-state index contributed by atoms with van der Waals surface area (Å²) in [6, 6.07) is 0. The normalized spacial score (nSPS) is 26.0. The largest absolute Gasteiger partial charge is 0.479 e. The minimum Gasteiger partial charge on any atom is -0.479 e. The Bertz CT molecular complexity index is 197. The predicted molar refractivity (Wildman–Crippen MR) is 50.1 cm³/mol. The van der Waals surface area contributed by atoms with Crippen LogP contribution < -0.4 is 0 Å². The van der Waals surface area contributed by atoms with Gasteiger partial charge >= 0.3 is 5.97 Å². The second kappa shape index (κ2) is 5.29. The molecular weight excluding hydrogens is 186 g/mol. The van der Waals surface area contributed by atoms with Crippen molar-refractivity contribution in [3.8, 4) is 0 Å². The lowest BCUT2D eigenvalue weighted by molar-refractivity contribution is -0.156. The number of ether oxygens (including phenoxy) is 1. The Labute approximate surface area is 83.3 Å². The maximum Gasteiger partial charge on any atom is 0.334 e. The van der Waals surface area contributed by atoms with E-state index in [1.54, 1.807) is 0 Å². The van der Waals surface area contributed by atoms with Crippen LogP contribution in [0.15, 0.2) is 0 Å². The summed E-state index contributed by atoms with van der Waals surface area (Å²) in [5, 5.41) is 18.1. The second-order valence-electron chi connectivity index (χ2n) is 3.52. The van der Waals surface area contributed by atoms with Crippen LogP contribution in [0.25, 0.3) is 0 Å². The lowest BCUT2D eigenvalue weighted by atomic mass is 10.2. The molecule has 0 aromatic heterocycles. The number of morpholine rings is 1. The highest BCUT2D eigenvalue weighted by atomic mass is 16.5. The molecule has 1 rings (SSSR count). The van der Waals surface area contributed by atoms with E-state index in [4.69, 9.17) is 9.84 Å². The molecular formula is C9H17NO4. The second-order valence-corrected chi connectivity index (χ2v) is 3.52. The van der Waals surface area contributed by atoms with E-state index >= 15 is 0 Å². The van der Waals surface area contributed by atoms with E-state index in [2.05, 4.69) is 0 Å². The number of hydrogen-bond acceptors (Lipinski definition) is 4. The number of carbonyl (C=O) groups is 1. The van der Waals surface area contributed by atoms with Crippen molar-refractivity contribution in [2.24, 2.45) is 0 Å². The van der Waals surface area contributed by atoms with E-state index in [0.717, 1.165) is 0 Å². The molecule has 0 saturated carbocycles. The monoisotopic (exact) mass is 203 g/mol. The summed E-state index contributed by atoms with van der Waals surface area (Å²) in [5.74, 6) is -0.930. The highest BCUT2D eigenvalue weighted by Gasteiger charge is 2.26. The zero-order valence-electron chi connectivity index (χ0n) is 8.35. The molecule has 2 atom stereocenters. The molecule has 0 amide bonds. The van der Waals surface area contributed by atoms with Gasteiger partial charge in [-0.2, -0.15) is 0 Å². The van der Waals surface area contributed by atoms with Gasteiger partial charge in [0.05, 0.1) is 12.7 Å². The van der Waals surface area contributed by atoms with Crippen molar-refractivity contribution in [1.29, 1.82) is 0 Å². The SMILES string of the molecule is CCC(O)CN1CCOC(C(=O)O)C1. The van der Waals surface area contributed by atoms with Gasteiger partial charge in [0.1, 0.15) is 0 Å². The van der Waals surface area contributed by atoms with Crippen LogP contribution in [0.4, 0.5) is 0 Å². The van der Waals surface area contributed by atoms with E-state index in [9.17, 15) is 9.90 Å². The van der Waals surface area contributed by atoms with Gasteiger partial charge in [-0.25, -0.2) is 4.79 Å². The van der Waals surface area contributed by atoms with Crippen LogP contribution in [0.5, 0.6) is 0 Å². The van der Waals surface area contributed by atoms with Crippen molar-refractivity contribution < 1.29 is 19.7 Å². The van der Waals surface area contributed by atoms with Crippen LogP contribution in [0.3, 0.4) is 0 Å². The maximum atomic E-state index is 10.6. The number of aliphatic hydroxyl groups is 1. The summed E-state index contributed by atoms with van der Waals surface area (Å²) >= 11 is 0. The molecule has 5 heteroatoms. The third-order valence-electron chi connectivity index (χ3n) is 2.37. The first-order chi connectivity index (χ1) is 6.63. The molecule has 2 unspecified atom stereocenters. The van der Waals surface area contributed by atoms with Gasteiger partial charge in [0.25, 0.3) is 0 Å². The predicted octanol–water partition coefficient (Wildman–Crippen LogP) is -0.457. The average molecular weight is 203 g/mol. The topological polar surface area (TPSA) is 70.0 Å². The summed E-state index contributed by atoms with van der Waals surface area (Å²) in [7, 11) is 0. The molecule has 1 fully saturated rings. The zero-order chi connectivity index (χ0) is 10.6. The van der Waals surface area contributed by atoms with Gasteiger partial charge in [-0.1, -0.05) is 6.92 Å². The number of carboxylic acid groups (broad SMARTS) is 1. The molecule has 0 aromatic carbocycles. The number of carboxylic acids is 1. The number of aliphatic carboxylic acids is 1. The summed E-state index contributed by atoms with van der Waals surface area (Å²) in [6.07, 6.45) is -0.426. The van der Waals surface area contributed by atoms with Crippen LogP contribution in [0.1, 0.15) is 13.3 Å². The van der Waals surface area contributed by atoms with Crippen molar-refractivity contribution >= 4 is 5.97 Å². The van der Waals surface area contributed by atoms with Gasteiger partial charge in [-0.3, -0.25) is 4.90 Å². The smallest absolute Gasteiger partial charge is 0.334 e. The van der Waals surface area contributed by atoms with Crippen LogP contribution >= 0.6 is 0 Å². The number of aliphatic hydroxyl groups excluding tert-OH is 1. The molecule has 14 heavy (non-hydrogen) atoms. The van der Waals surface area contributed by atoms with Gasteiger partial charge < -0.3 is 14.9 Å². The fraction of sp³-hybridized carbons (Fsp3) is 0.889. The third kappa shape index (κ3) is 3.25. The molecule has 1 aliphatic rings. The van der Waals surface area contributed by atoms with Crippen LogP contribution in [0, 0.1) is 0 Å².